The number of benzene rings is 2. The van der Waals surface area contributed by atoms with Crippen LogP contribution in [0.1, 0.15) is 11.1 Å². The number of nitrogens with two attached hydrogens (primary N) is 1. The van der Waals surface area contributed by atoms with Crippen LogP contribution in [0.3, 0.4) is 0 Å². The number of anilines is 1. The molecule has 2 aromatic rings. The summed E-state index contributed by atoms with van der Waals surface area (Å²) in [7, 11) is 0. The van der Waals surface area contributed by atoms with E-state index in [9.17, 15) is 4.39 Å². The van der Waals surface area contributed by atoms with E-state index in [0.29, 0.717) is 5.56 Å². The van der Waals surface area contributed by atoms with Crippen LogP contribution in [0.15, 0.2) is 53.5 Å². The lowest BCUT2D eigenvalue weighted by Gasteiger charge is -2.06. The largest absolute Gasteiger partial charge is 0.370 e. The quantitative estimate of drug-likeness (QED) is 0.656. The molecule has 0 aromatic heterocycles. The molecule has 98 valence electrons. The maximum Gasteiger partial charge on any atom is 0.193 e. The Bertz CT molecular complexity index is 576. The van der Waals surface area contributed by atoms with Gasteiger partial charge in [0.1, 0.15) is 5.82 Å². The number of nitrogens with zero attached hydrogens (tertiary/aromatic N) is 1. The predicted molar refractivity (Wildman–Crippen MR) is 76.5 cm³/mol. The van der Waals surface area contributed by atoms with Gasteiger partial charge < -0.3 is 11.1 Å². The van der Waals surface area contributed by atoms with Gasteiger partial charge in [0.2, 0.25) is 0 Å². The Kier molecular flexibility index (Phi) is 4.13. The highest BCUT2D eigenvalue weighted by Crippen LogP contribution is 2.09. The molecule has 0 spiro atoms. The van der Waals surface area contributed by atoms with Crippen LogP contribution in [0.5, 0.6) is 0 Å². The van der Waals surface area contributed by atoms with Gasteiger partial charge in [0, 0.05) is 11.3 Å². The smallest absolute Gasteiger partial charge is 0.193 e. The first-order chi connectivity index (χ1) is 9.15. The Morgan fingerprint density at radius 1 is 1.16 bits per heavy atom. The highest BCUT2D eigenvalue weighted by Gasteiger charge is 2.00. The minimum Gasteiger partial charge on any atom is -0.370 e. The van der Waals surface area contributed by atoms with Crippen molar-refractivity contribution in [3.05, 3.63) is 65.5 Å². The second-order valence-corrected chi connectivity index (χ2v) is 4.28. The Morgan fingerprint density at radius 3 is 2.53 bits per heavy atom. The zero-order valence-electron chi connectivity index (χ0n) is 10.7. The number of aryl methyl sites for hydroxylation is 1. The van der Waals surface area contributed by atoms with Gasteiger partial charge >= 0.3 is 0 Å². The summed E-state index contributed by atoms with van der Waals surface area (Å²) in [5, 5.41) is 2.96. The molecule has 0 aliphatic carbocycles. The van der Waals surface area contributed by atoms with E-state index in [2.05, 4.69) is 10.3 Å². The molecular formula is C15H16FN3. The van der Waals surface area contributed by atoms with Gasteiger partial charge in [-0.15, -0.1) is 0 Å². The number of hydrogen-bond donors (Lipinski definition) is 2. The van der Waals surface area contributed by atoms with Crippen molar-refractivity contribution >= 4 is 11.6 Å². The maximum absolute atomic E-state index is 13.4. The number of hydrogen-bond acceptors (Lipinski definition) is 1. The molecule has 0 atom stereocenters. The number of aliphatic imine (C=N–C) groups is 1. The van der Waals surface area contributed by atoms with Gasteiger partial charge in [-0.1, -0.05) is 35.9 Å². The molecule has 0 heterocycles. The summed E-state index contributed by atoms with van der Waals surface area (Å²) in [5.41, 5.74) is 8.32. The van der Waals surface area contributed by atoms with Crippen molar-refractivity contribution in [2.75, 3.05) is 5.32 Å². The fourth-order valence-electron chi connectivity index (χ4n) is 1.62. The summed E-state index contributed by atoms with van der Waals surface area (Å²) in [6.45, 7) is 2.23. The Hall–Kier alpha value is -2.36. The van der Waals surface area contributed by atoms with E-state index in [4.69, 9.17) is 5.73 Å². The number of guanidine groups is 1. The molecule has 0 radical (unpaired) electrons. The van der Waals surface area contributed by atoms with Crippen molar-refractivity contribution in [2.24, 2.45) is 10.7 Å². The fraction of sp³-hybridized carbons (Fsp3) is 0.133. The van der Waals surface area contributed by atoms with Gasteiger partial charge in [0.25, 0.3) is 0 Å². The van der Waals surface area contributed by atoms with Gasteiger partial charge in [0.15, 0.2) is 5.96 Å². The van der Waals surface area contributed by atoms with E-state index in [1.165, 1.54) is 11.6 Å². The second-order valence-electron chi connectivity index (χ2n) is 4.28. The Labute approximate surface area is 112 Å². The molecule has 0 saturated carbocycles. The summed E-state index contributed by atoms with van der Waals surface area (Å²) in [4.78, 5) is 4.12. The third-order valence-electron chi connectivity index (χ3n) is 2.70. The average Bonchev–Trinajstić information content (AvgIpc) is 2.40. The van der Waals surface area contributed by atoms with Crippen LogP contribution in [-0.4, -0.2) is 5.96 Å². The molecule has 0 fully saturated rings. The van der Waals surface area contributed by atoms with E-state index in [1.54, 1.807) is 18.2 Å². The summed E-state index contributed by atoms with van der Waals surface area (Å²) >= 11 is 0. The van der Waals surface area contributed by atoms with Crippen molar-refractivity contribution in [1.29, 1.82) is 0 Å². The molecule has 0 aliphatic rings. The highest BCUT2D eigenvalue weighted by atomic mass is 19.1. The van der Waals surface area contributed by atoms with E-state index >= 15 is 0 Å². The van der Waals surface area contributed by atoms with E-state index in [0.717, 1.165) is 5.69 Å². The molecular weight excluding hydrogens is 241 g/mol. The first-order valence-corrected chi connectivity index (χ1v) is 6.02. The third-order valence-corrected chi connectivity index (χ3v) is 2.70. The molecule has 0 amide bonds. The van der Waals surface area contributed by atoms with Crippen LogP contribution in [0.4, 0.5) is 10.1 Å². The average molecular weight is 257 g/mol. The maximum atomic E-state index is 13.4. The number of rotatable bonds is 3. The van der Waals surface area contributed by atoms with Crippen molar-refractivity contribution in [3.63, 3.8) is 0 Å². The van der Waals surface area contributed by atoms with E-state index < -0.39 is 0 Å². The first kappa shape index (κ1) is 13.1. The molecule has 2 aromatic carbocycles. The number of halogens is 1. The van der Waals surface area contributed by atoms with Crippen LogP contribution in [0.25, 0.3) is 0 Å². The zero-order valence-corrected chi connectivity index (χ0v) is 10.7. The van der Waals surface area contributed by atoms with Gasteiger partial charge in [-0.2, -0.15) is 0 Å². The summed E-state index contributed by atoms with van der Waals surface area (Å²) in [6.07, 6.45) is 0. The highest BCUT2D eigenvalue weighted by molar-refractivity contribution is 5.92. The van der Waals surface area contributed by atoms with Crippen LogP contribution in [0, 0.1) is 12.7 Å². The SMILES string of the molecule is Cc1ccc(NC(N)=NCc2ccccc2F)cc1. The van der Waals surface area contributed by atoms with Crippen LogP contribution >= 0.6 is 0 Å². The van der Waals surface area contributed by atoms with Crippen molar-refractivity contribution in [3.8, 4) is 0 Å². The van der Waals surface area contributed by atoms with E-state index in [1.807, 2.05) is 31.2 Å². The molecule has 2 rings (SSSR count). The first-order valence-electron chi connectivity index (χ1n) is 6.02. The lowest BCUT2D eigenvalue weighted by molar-refractivity contribution is 0.611. The lowest BCUT2D eigenvalue weighted by atomic mass is 10.2. The summed E-state index contributed by atoms with van der Waals surface area (Å²) < 4.78 is 13.4. The lowest BCUT2D eigenvalue weighted by Crippen LogP contribution is -2.22. The topological polar surface area (TPSA) is 50.4 Å². The molecule has 0 unspecified atom stereocenters. The Morgan fingerprint density at radius 2 is 1.84 bits per heavy atom. The molecule has 0 saturated heterocycles. The monoisotopic (exact) mass is 257 g/mol. The molecule has 0 bridgehead atoms. The van der Waals surface area contributed by atoms with Gasteiger partial charge in [-0.05, 0) is 25.1 Å². The second kappa shape index (κ2) is 6.00. The van der Waals surface area contributed by atoms with Gasteiger partial charge in [-0.25, -0.2) is 9.38 Å². The molecule has 4 heteroatoms. The van der Waals surface area contributed by atoms with E-state index in [-0.39, 0.29) is 18.3 Å². The molecule has 0 aliphatic heterocycles. The standard InChI is InChI=1S/C15H16FN3/c1-11-6-8-13(9-7-11)19-15(17)18-10-12-4-2-3-5-14(12)16/h2-9H,10H2,1H3,(H3,17,18,19). The van der Waals surface area contributed by atoms with Crippen molar-refractivity contribution < 1.29 is 4.39 Å². The number of nitrogens with one attached hydrogen (secondary N) is 1. The zero-order chi connectivity index (χ0) is 13.7. The molecule has 19 heavy (non-hydrogen) atoms. The predicted octanol–water partition coefficient (Wildman–Crippen LogP) is 3.06. The fourth-order valence-corrected chi connectivity index (χ4v) is 1.62. The van der Waals surface area contributed by atoms with Crippen molar-refractivity contribution in [2.45, 2.75) is 13.5 Å². The Balaban J connectivity index is 2.00. The van der Waals surface area contributed by atoms with Crippen LogP contribution < -0.4 is 11.1 Å². The molecule has 3 N–H and O–H groups in total. The minimum absolute atomic E-state index is 0.220. The van der Waals surface area contributed by atoms with Crippen LogP contribution in [0.2, 0.25) is 0 Å². The van der Waals surface area contributed by atoms with Gasteiger partial charge in [0.05, 0.1) is 6.54 Å². The van der Waals surface area contributed by atoms with Gasteiger partial charge in [-0.3, -0.25) is 0 Å². The molecule has 3 nitrogen and oxygen atoms in total. The van der Waals surface area contributed by atoms with Crippen molar-refractivity contribution in [1.82, 2.24) is 0 Å². The third kappa shape index (κ3) is 3.81. The van der Waals surface area contributed by atoms with Crippen LogP contribution in [-0.2, 0) is 6.54 Å². The summed E-state index contributed by atoms with van der Waals surface area (Å²) in [5.74, 6) is 0.00138. The normalized spacial score (nSPS) is 11.4. The summed E-state index contributed by atoms with van der Waals surface area (Å²) in [6, 6.07) is 14.3. The minimum atomic E-state index is -0.269.